The van der Waals surface area contributed by atoms with E-state index in [4.69, 9.17) is 4.74 Å². The first-order valence-electron chi connectivity index (χ1n) is 6.85. The third-order valence-corrected chi connectivity index (χ3v) is 3.42. The third-order valence-electron chi connectivity index (χ3n) is 3.42. The molecule has 1 unspecified atom stereocenters. The van der Waals surface area contributed by atoms with Crippen LogP contribution in [0.15, 0.2) is 30.3 Å². The fourth-order valence-corrected chi connectivity index (χ4v) is 2.18. The molecule has 1 aromatic carbocycles. The molecule has 5 heteroatoms. The molecule has 0 aromatic heterocycles. The van der Waals surface area contributed by atoms with E-state index in [9.17, 15) is 4.79 Å². The lowest BCUT2D eigenvalue weighted by Gasteiger charge is -2.25. The zero-order valence-corrected chi connectivity index (χ0v) is 12.7. The summed E-state index contributed by atoms with van der Waals surface area (Å²) in [5.74, 6) is 0.180. The SMILES string of the molecule is CN(CCc1ccccc1)C(=O)CC1COCCN1.Cl. The maximum Gasteiger partial charge on any atom is 0.223 e. The van der Waals surface area contributed by atoms with Gasteiger partial charge in [0.25, 0.3) is 0 Å². The highest BCUT2D eigenvalue weighted by Gasteiger charge is 2.18. The Morgan fingerprint density at radius 2 is 2.15 bits per heavy atom. The molecule has 0 radical (unpaired) electrons. The van der Waals surface area contributed by atoms with E-state index in [2.05, 4.69) is 17.4 Å². The van der Waals surface area contributed by atoms with Gasteiger partial charge >= 0.3 is 0 Å². The number of likely N-dealkylation sites (N-methyl/N-ethyl adjacent to an activating group) is 1. The van der Waals surface area contributed by atoms with Crippen LogP contribution in [0.4, 0.5) is 0 Å². The van der Waals surface area contributed by atoms with E-state index in [1.165, 1.54) is 5.56 Å². The third kappa shape index (κ3) is 5.49. The van der Waals surface area contributed by atoms with Crippen LogP contribution in [0.1, 0.15) is 12.0 Å². The summed E-state index contributed by atoms with van der Waals surface area (Å²) >= 11 is 0. The van der Waals surface area contributed by atoms with Crippen molar-refractivity contribution in [2.24, 2.45) is 0 Å². The number of hydrogen-bond acceptors (Lipinski definition) is 3. The van der Waals surface area contributed by atoms with Crippen molar-refractivity contribution in [2.75, 3.05) is 33.4 Å². The zero-order chi connectivity index (χ0) is 13.5. The van der Waals surface area contributed by atoms with Gasteiger partial charge in [-0.25, -0.2) is 0 Å². The van der Waals surface area contributed by atoms with Crippen LogP contribution in [-0.2, 0) is 16.0 Å². The summed E-state index contributed by atoms with van der Waals surface area (Å²) in [5, 5.41) is 3.31. The maximum absolute atomic E-state index is 12.1. The minimum Gasteiger partial charge on any atom is -0.378 e. The van der Waals surface area contributed by atoms with Crippen LogP contribution in [0.2, 0.25) is 0 Å². The molecule has 1 fully saturated rings. The lowest BCUT2D eigenvalue weighted by molar-refractivity contribution is -0.131. The van der Waals surface area contributed by atoms with E-state index in [1.807, 2.05) is 30.1 Å². The van der Waals surface area contributed by atoms with Crippen molar-refractivity contribution >= 4 is 18.3 Å². The number of carbonyl (C=O) groups is 1. The van der Waals surface area contributed by atoms with Gasteiger partial charge < -0.3 is 15.0 Å². The van der Waals surface area contributed by atoms with Gasteiger partial charge in [0.1, 0.15) is 0 Å². The Bertz CT molecular complexity index is 394. The topological polar surface area (TPSA) is 41.6 Å². The molecule has 112 valence electrons. The Balaban J connectivity index is 0.00000200. The minimum atomic E-state index is 0. The van der Waals surface area contributed by atoms with Gasteiger partial charge in [-0.3, -0.25) is 4.79 Å². The summed E-state index contributed by atoms with van der Waals surface area (Å²) in [6, 6.07) is 10.4. The van der Waals surface area contributed by atoms with Gasteiger partial charge in [0.15, 0.2) is 0 Å². The zero-order valence-electron chi connectivity index (χ0n) is 11.9. The van der Waals surface area contributed by atoms with Crippen LogP contribution in [0.5, 0.6) is 0 Å². The Morgan fingerprint density at radius 3 is 2.80 bits per heavy atom. The first-order chi connectivity index (χ1) is 9.25. The first-order valence-corrected chi connectivity index (χ1v) is 6.85. The van der Waals surface area contributed by atoms with Crippen molar-refractivity contribution < 1.29 is 9.53 Å². The molecule has 1 aliphatic rings. The Kier molecular flexibility index (Phi) is 7.59. The number of carbonyl (C=O) groups excluding carboxylic acids is 1. The highest BCUT2D eigenvalue weighted by Crippen LogP contribution is 2.04. The molecule has 0 saturated carbocycles. The van der Waals surface area contributed by atoms with Gasteiger partial charge in [-0.2, -0.15) is 0 Å². The molecule has 4 nitrogen and oxygen atoms in total. The predicted octanol–water partition coefficient (Wildman–Crippen LogP) is 1.49. The number of benzene rings is 1. The van der Waals surface area contributed by atoms with Crippen molar-refractivity contribution in [3.63, 3.8) is 0 Å². The van der Waals surface area contributed by atoms with E-state index in [0.29, 0.717) is 13.0 Å². The first kappa shape index (κ1) is 17.0. The second kappa shape index (κ2) is 8.95. The molecule has 1 N–H and O–H groups in total. The molecule has 2 rings (SSSR count). The number of morpholine rings is 1. The highest BCUT2D eigenvalue weighted by molar-refractivity contribution is 5.85. The van der Waals surface area contributed by atoms with Gasteiger partial charge in [0, 0.05) is 32.6 Å². The van der Waals surface area contributed by atoms with Crippen LogP contribution in [0.25, 0.3) is 0 Å². The van der Waals surface area contributed by atoms with Crippen LogP contribution in [0.3, 0.4) is 0 Å². The summed E-state index contributed by atoms with van der Waals surface area (Å²) in [6.45, 7) is 2.98. The Hall–Kier alpha value is -1.10. The summed E-state index contributed by atoms with van der Waals surface area (Å²) in [7, 11) is 1.87. The van der Waals surface area contributed by atoms with Crippen LogP contribution >= 0.6 is 12.4 Å². The fourth-order valence-electron chi connectivity index (χ4n) is 2.18. The van der Waals surface area contributed by atoms with Gasteiger partial charge in [-0.1, -0.05) is 30.3 Å². The van der Waals surface area contributed by atoms with Crippen LogP contribution in [-0.4, -0.2) is 50.2 Å². The lowest BCUT2D eigenvalue weighted by Crippen LogP contribution is -2.44. The summed E-state index contributed by atoms with van der Waals surface area (Å²) in [6.07, 6.45) is 1.42. The quantitative estimate of drug-likeness (QED) is 0.895. The van der Waals surface area contributed by atoms with Crippen molar-refractivity contribution in [1.82, 2.24) is 10.2 Å². The second-order valence-electron chi connectivity index (χ2n) is 4.98. The summed E-state index contributed by atoms with van der Waals surface area (Å²) in [5.41, 5.74) is 1.27. The van der Waals surface area contributed by atoms with E-state index in [1.54, 1.807) is 0 Å². The molecule has 0 bridgehead atoms. The van der Waals surface area contributed by atoms with Gasteiger partial charge in [0.2, 0.25) is 5.91 Å². The number of nitrogens with one attached hydrogen (secondary N) is 1. The Labute approximate surface area is 126 Å². The van der Waals surface area contributed by atoms with Gasteiger partial charge in [0.05, 0.1) is 13.2 Å². The standard InChI is InChI=1S/C15H22N2O2.ClH/c1-17(9-7-13-5-3-2-4-6-13)15(18)11-14-12-19-10-8-16-14;/h2-6,14,16H,7-12H2,1H3;1H. The largest absolute Gasteiger partial charge is 0.378 e. The van der Waals surface area contributed by atoms with E-state index in [0.717, 1.165) is 26.1 Å². The molecule has 1 aliphatic heterocycles. The van der Waals surface area contributed by atoms with E-state index < -0.39 is 0 Å². The number of amides is 1. The molecule has 1 heterocycles. The molecule has 20 heavy (non-hydrogen) atoms. The predicted molar refractivity (Wildman–Crippen MR) is 82.3 cm³/mol. The van der Waals surface area contributed by atoms with Gasteiger partial charge in [-0.05, 0) is 12.0 Å². The number of nitrogens with zero attached hydrogens (tertiary/aromatic N) is 1. The molecule has 1 atom stereocenters. The maximum atomic E-state index is 12.1. The number of ether oxygens (including phenoxy) is 1. The van der Waals surface area contributed by atoms with Crippen molar-refractivity contribution in [2.45, 2.75) is 18.9 Å². The van der Waals surface area contributed by atoms with Crippen LogP contribution < -0.4 is 5.32 Å². The monoisotopic (exact) mass is 298 g/mol. The molecule has 0 spiro atoms. The summed E-state index contributed by atoms with van der Waals surface area (Å²) < 4.78 is 5.36. The van der Waals surface area contributed by atoms with Crippen molar-refractivity contribution in [3.8, 4) is 0 Å². The number of halogens is 1. The van der Waals surface area contributed by atoms with Crippen LogP contribution in [0, 0.1) is 0 Å². The molecular weight excluding hydrogens is 276 g/mol. The number of rotatable bonds is 5. The number of hydrogen-bond donors (Lipinski definition) is 1. The normalized spacial score (nSPS) is 18.1. The minimum absolute atomic E-state index is 0. The molecule has 0 aliphatic carbocycles. The van der Waals surface area contributed by atoms with Crippen molar-refractivity contribution in [3.05, 3.63) is 35.9 Å². The second-order valence-corrected chi connectivity index (χ2v) is 4.98. The molecule has 1 amide bonds. The average Bonchev–Trinajstić information content (AvgIpc) is 2.47. The molecular formula is C15H23ClN2O2. The van der Waals surface area contributed by atoms with E-state index in [-0.39, 0.29) is 24.4 Å². The van der Waals surface area contributed by atoms with Gasteiger partial charge in [-0.15, -0.1) is 12.4 Å². The smallest absolute Gasteiger partial charge is 0.223 e. The molecule has 1 saturated heterocycles. The average molecular weight is 299 g/mol. The highest BCUT2D eigenvalue weighted by atomic mass is 35.5. The lowest BCUT2D eigenvalue weighted by atomic mass is 10.1. The molecule has 1 aromatic rings. The Morgan fingerprint density at radius 1 is 1.40 bits per heavy atom. The summed E-state index contributed by atoms with van der Waals surface area (Å²) in [4.78, 5) is 13.9. The van der Waals surface area contributed by atoms with E-state index >= 15 is 0 Å². The van der Waals surface area contributed by atoms with Crippen molar-refractivity contribution in [1.29, 1.82) is 0 Å². The fraction of sp³-hybridized carbons (Fsp3) is 0.533.